The SMILES string of the molecule is CC1=NCCn2c1nnc2-c1ccccn1. The van der Waals surface area contributed by atoms with Crippen LogP contribution in [-0.4, -0.2) is 32.0 Å². The summed E-state index contributed by atoms with van der Waals surface area (Å²) in [5.74, 6) is 1.68. The Morgan fingerprint density at radius 1 is 1.19 bits per heavy atom. The van der Waals surface area contributed by atoms with Gasteiger partial charge in [0.15, 0.2) is 11.6 Å². The minimum Gasteiger partial charge on any atom is -0.303 e. The molecule has 0 bridgehead atoms. The van der Waals surface area contributed by atoms with E-state index in [1.165, 1.54) is 0 Å². The third-order valence-electron chi connectivity index (χ3n) is 2.64. The van der Waals surface area contributed by atoms with Crippen LogP contribution in [0.1, 0.15) is 12.7 Å². The van der Waals surface area contributed by atoms with E-state index < -0.39 is 0 Å². The van der Waals surface area contributed by atoms with Crippen LogP contribution < -0.4 is 0 Å². The van der Waals surface area contributed by atoms with E-state index in [0.717, 1.165) is 36.1 Å². The first-order valence-electron chi connectivity index (χ1n) is 5.22. The molecule has 0 radical (unpaired) electrons. The minimum absolute atomic E-state index is 0.788. The van der Waals surface area contributed by atoms with Crippen molar-refractivity contribution in [1.29, 1.82) is 0 Å². The molecule has 0 aromatic carbocycles. The van der Waals surface area contributed by atoms with E-state index in [1.54, 1.807) is 6.20 Å². The molecule has 0 unspecified atom stereocenters. The zero-order valence-electron chi connectivity index (χ0n) is 8.96. The standard InChI is InChI=1S/C11H11N5/c1-8-10-14-15-11(16(10)7-6-12-8)9-4-2-3-5-13-9/h2-5H,6-7H2,1H3. The zero-order valence-corrected chi connectivity index (χ0v) is 8.96. The molecular weight excluding hydrogens is 202 g/mol. The second kappa shape index (κ2) is 3.52. The molecule has 1 aliphatic rings. The molecule has 3 rings (SSSR count). The number of aromatic nitrogens is 4. The van der Waals surface area contributed by atoms with Crippen molar-refractivity contribution in [2.24, 2.45) is 4.99 Å². The summed E-state index contributed by atoms with van der Waals surface area (Å²) in [6.45, 7) is 3.57. The maximum atomic E-state index is 4.35. The molecule has 0 saturated carbocycles. The first-order valence-corrected chi connectivity index (χ1v) is 5.22. The number of nitrogens with zero attached hydrogens (tertiary/aromatic N) is 5. The Hall–Kier alpha value is -2.04. The number of pyridine rings is 1. The quantitative estimate of drug-likeness (QED) is 0.714. The summed E-state index contributed by atoms with van der Waals surface area (Å²) in [6, 6.07) is 5.79. The van der Waals surface area contributed by atoms with Gasteiger partial charge < -0.3 is 4.57 Å². The molecular formula is C11H11N5. The van der Waals surface area contributed by atoms with Crippen LogP contribution in [0.25, 0.3) is 11.5 Å². The maximum Gasteiger partial charge on any atom is 0.182 e. The van der Waals surface area contributed by atoms with Crippen LogP contribution in [0.4, 0.5) is 0 Å². The summed E-state index contributed by atoms with van der Waals surface area (Å²) in [5.41, 5.74) is 1.80. The van der Waals surface area contributed by atoms with E-state index in [-0.39, 0.29) is 0 Å². The molecule has 0 saturated heterocycles. The molecule has 1 aliphatic heterocycles. The highest BCUT2D eigenvalue weighted by atomic mass is 15.3. The van der Waals surface area contributed by atoms with E-state index >= 15 is 0 Å². The molecule has 3 heterocycles. The van der Waals surface area contributed by atoms with Crippen molar-refractivity contribution in [3.05, 3.63) is 30.2 Å². The van der Waals surface area contributed by atoms with Gasteiger partial charge in [-0.25, -0.2) is 0 Å². The van der Waals surface area contributed by atoms with Gasteiger partial charge >= 0.3 is 0 Å². The van der Waals surface area contributed by atoms with Gasteiger partial charge in [0.1, 0.15) is 5.69 Å². The average Bonchev–Trinajstić information content (AvgIpc) is 2.75. The zero-order chi connectivity index (χ0) is 11.0. The third kappa shape index (κ3) is 1.32. The Balaban J connectivity index is 2.15. The van der Waals surface area contributed by atoms with Crippen molar-refractivity contribution in [3.8, 4) is 11.5 Å². The van der Waals surface area contributed by atoms with Gasteiger partial charge in [0.05, 0.1) is 12.3 Å². The van der Waals surface area contributed by atoms with Gasteiger partial charge in [-0.05, 0) is 19.1 Å². The highest BCUT2D eigenvalue weighted by molar-refractivity contribution is 5.96. The molecule has 2 aromatic heterocycles. The van der Waals surface area contributed by atoms with Gasteiger partial charge in [0, 0.05) is 12.7 Å². The molecule has 0 spiro atoms. The van der Waals surface area contributed by atoms with Gasteiger partial charge in [-0.3, -0.25) is 9.98 Å². The number of hydrogen-bond donors (Lipinski definition) is 0. The Labute approximate surface area is 92.9 Å². The highest BCUT2D eigenvalue weighted by Crippen LogP contribution is 2.17. The third-order valence-corrected chi connectivity index (χ3v) is 2.64. The summed E-state index contributed by atoms with van der Waals surface area (Å²) >= 11 is 0. The van der Waals surface area contributed by atoms with Gasteiger partial charge in [-0.2, -0.15) is 0 Å². The summed E-state index contributed by atoms with van der Waals surface area (Å²) in [6.07, 6.45) is 1.76. The largest absolute Gasteiger partial charge is 0.303 e. The van der Waals surface area contributed by atoms with Crippen LogP contribution in [0, 0.1) is 0 Å². The van der Waals surface area contributed by atoms with Gasteiger partial charge in [0.2, 0.25) is 0 Å². The minimum atomic E-state index is 0.788. The first-order chi connectivity index (χ1) is 7.86. The van der Waals surface area contributed by atoms with Gasteiger partial charge in [-0.15, -0.1) is 10.2 Å². The lowest BCUT2D eigenvalue weighted by atomic mass is 10.3. The molecule has 0 aliphatic carbocycles. The Morgan fingerprint density at radius 2 is 2.06 bits per heavy atom. The number of rotatable bonds is 1. The van der Waals surface area contributed by atoms with Crippen LogP contribution in [0.15, 0.2) is 29.4 Å². The Morgan fingerprint density at radius 3 is 2.88 bits per heavy atom. The fourth-order valence-corrected chi connectivity index (χ4v) is 1.86. The molecule has 5 nitrogen and oxygen atoms in total. The highest BCUT2D eigenvalue weighted by Gasteiger charge is 2.18. The molecule has 80 valence electrons. The van der Waals surface area contributed by atoms with Gasteiger partial charge in [-0.1, -0.05) is 6.07 Å². The van der Waals surface area contributed by atoms with Crippen LogP contribution >= 0.6 is 0 Å². The number of hydrogen-bond acceptors (Lipinski definition) is 4. The lowest BCUT2D eigenvalue weighted by Gasteiger charge is -2.12. The predicted octanol–water partition coefficient (Wildman–Crippen LogP) is 1.16. The predicted molar refractivity (Wildman–Crippen MR) is 60.3 cm³/mol. The van der Waals surface area contributed by atoms with Crippen LogP contribution in [0.3, 0.4) is 0 Å². The molecule has 0 N–H and O–H groups in total. The molecule has 5 heteroatoms. The Kier molecular flexibility index (Phi) is 2.02. The second-order valence-corrected chi connectivity index (χ2v) is 3.68. The van der Waals surface area contributed by atoms with Crippen LogP contribution in [-0.2, 0) is 6.54 Å². The van der Waals surface area contributed by atoms with E-state index in [9.17, 15) is 0 Å². The number of fused-ring (bicyclic) bond motifs is 1. The molecule has 0 fully saturated rings. The Bertz CT molecular complexity index is 541. The summed E-state index contributed by atoms with van der Waals surface area (Å²) in [5, 5.41) is 8.34. The first kappa shape index (κ1) is 9.21. The number of aliphatic imine (C=N–C) groups is 1. The topological polar surface area (TPSA) is 56.0 Å². The normalized spacial score (nSPS) is 14.4. The fraction of sp³-hybridized carbons (Fsp3) is 0.273. The van der Waals surface area contributed by atoms with Crippen molar-refractivity contribution in [2.45, 2.75) is 13.5 Å². The molecule has 0 atom stereocenters. The van der Waals surface area contributed by atoms with E-state index in [0.29, 0.717) is 0 Å². The lowest BCUT2D eigenvalue weighted by molar-refractivity contribution is 0.685. The molecule has 2 aromatic rings. The van der Waals surface area contributed by atoms with E-state index in [2.05, 4.69) is 24.7 Å². The van der Waals surface area contributed by atoms with Crippen LogP contribution in [0.2, 0.25) is 0 Å². The van der Waals surface area contributed by atoms with Crippen molar-refractivity contribution in [1.82, 2.24) is 19.7 Å². The second-order valence-electron chi connectivity index (χ2n) is 3.68. The average molecular weight is 213 g/mol. The lowest BCUT2D eigenvalue weighted by Crippen LogP contribution is -2.17. The smallest absolute Gasteiger partial charge is 0.182 e. The summed E-state index contributed by atoms with van der Waals surface area (Å²) < 4.78 is 2.07. The van der Waals surface area contributed by atoms with Crippen molar-refractivity contribution in [2.75, 3.05) is 6.54 Å². The summed E-state index contributed by atoms with van der Waals surface area (Å²) in [4.78, 5) is 8.64. The summed E-state index contributed by atoms with van der Waals surface area (Å²) in [7, 11) is 0. The molecule has 0 amide bonds. The van der Waals surface area contributed by atoms with Crippen molar-refractivity contribution < 1.29 is 0 Å². The van der Waals surface area contributed by atoms with Crippen molar-refractivity contribution in [3.63, 3.8) is 0 Å². The van der Waals surface area contributed by atoms with Crippen LogP contribution in [0.5, 0.6) is 0 Å². The van der Waals surface area contributed by atoms with E-state index in [4.69, 9.17) is 0 Å². The maximum absolute atomic E-state index is 4.35. The van der Waals surface area contributed by atoms with E-state index in [1.807, 2.05) is 25.1 Å². The van der Waals surface area contributed by atoms with Gasteiger partial charge in [0.25, 0.3) is 0 Å². The monoisotopic (exact) mass is 213 g/mol. The van der Waals surface area contributed by atoms with Crippen molar-refractivity contribution >= 4 is 5.71 Å². The fourth-order valence-electron chi connectivity index (χ4n) is 1.86. The molecule has 16 heavy (non-hydrogen) atoms.